The molecule has 0 radical (unpaired) electrons. The summed E-state index contributed by atoms with van der Waals surface area (Å²) in [5.74, 6) is 0.0658. The van der Waals surface area contributed by atoms with E-state index in [-0.39, 0.29) is 12.5 Å². The molecule has 0 saturated carbocycles. The van der Waals surface area contributed by atoms with Crippen molar-refractivity contribution in [3.63, 3.8) is 0 Å². The average Bonchev–Trinajstić information content (AvgIpc) is 3.00. The minimum atomic E-state index is -4.73. The van der Waals surface area contributed by atoms with E-state index in [2.05, 4.69) is 10.4 Å². The fourth-order valence-electron chi connectivity index (χ4n) is 2.79. The molecule has 2 amide bonds. The lowest BCUT2D eigenvalue weighted by molar-refractivity contribution is -0.253. The Morgan fingerprint density at radius 2 is 2.17 bits per heavy atom. The standard InChI is InChI=1S/C15H23F3N4O2/c1-10(8-22-12(3)6-11(2)20-22)7-19-13(23)21-5-4-14(24,9-21)15(16,17)18/h6,10,24H,4-5,7-9H2,1-3H3,(H,19,23)/t10-,14+/m0/s1. The van der Waals surface area contributed by atoms with E-state index in [4.69, 9.17) is 0 Å². The van der Waals surface area contributed by atoms with E-state index in [1.54, 1.807) is 0 Å². The van der Waals surface area contributed by atoms with Gasteiger partial charge in [0.15, 0.2) is 5.60 Å². The summed E-state index contributed by atoms with van der Waals surface area (Å²) in [7, 11) is 0. The Kier molecular flexibility index (Phi) is 5.12. The van der Waals surface area contributed by atoms with Gasteiger partial charge < -0.3 is 15.3 Å². The zero-order valence-electron chi connectivity index (χ0n) is 14.0. The number of amides is 2. The highest BCUT2D eigenvalue weighted by Crippen LogP contribution is 2.37. The van der Waals surface area contributed by atoms with Crippen molar-refractivity contribution < 1.29 is 23.1 Å². The number of halogens is 3. The largest absolute Gasteiger partial charge is 0.419 e. The second-order valence-electron chi connectivity index (χ2n) is 6.60. The summed E-state index contributed by atoms with van der Waals surface area (Å²) in [5, 5.41) is 16.6. The molecule has 2 atom stereocenters. The number of hydrogen-bond acceptors (Lipinski definition) is 3. The van der Waals surface area contributed by atoms with Gasteiger partial charge in [0, 0.05) is 31.7 Å². The molecule has 2 rings (SSSR count). The Hall–Kier alpha value is -1.77. The predicted octanol–water partition coefficient (Wildman–Crippen LogP) is 1.84. The smallest absolute Gasteiger partial charge is 0.379 e. The third-order valence-corrected chi connectivity index (χ3v) is 4.25. The summed E-state index contributed by atoms with van der Waals surface area (Å²) in [4.78, 5) is 13.0. The van der Waals surface area contributed by atoms with E-state index >= 15 is 0 Å². The molecule has 1 aliphatic heterocycles. The van der Waals surface area contributed by atoms with Gasteiger partial charge in [-0.15, -0.1) is 0 Å². The minimum Gasteiger partial charge on any atom is -0.379 e. The first-order valence-electron chi connectivity index (χ1n) is 7.85. The predicted molar refractivity (Wildman–Crippen MR) is 81.5 cm³/mol. The van der Waals surface area contributed by atoms with Crippen LogP contribution in [0.5, 0.6) is 0 Å². The average molecular weight is 348 g/mol. The number of likely N-dealkylation sites (tertiary alicyclic amines) is 1. The van der Waals surface area contributed by atoms with E-state index in [1.165, 1.54) is 0 Å². The number of nitrogens with zero attached hydrogens (tertiary/aromatic N) is 3. The van der Waals surface area contributed by atoms with E-state index in [9.17, 15) is 23.1 Å². The Bertz CT molecular complexity index is 602. The lowest BCUT2D eigenvalue weighted by Gasteiger charge is -2.26. The minimum absolute atomic E-state index is 0.0658. The molecule has 0 bridgehead atoms. The van der Waals surface area contributed by atoms with Crippen LogP contribution in [0.4, 0.5) is 18.0 Å². The van der Waals surface area contributed by atoms with Crippen molar-refractivity contribution in [2.75, 3.05) is 19.6 Å². The molecule has 1 aromatic rings. The molecule has 2 N–H and O–H groups in total. The van der Waals surface area contributed by atoms with Crippen molar-refractivity contribution in [1.29, 1.82) is 0 Å². The molecule has 0 aromatic carbocycles. The number of rotatable bonds is 4. The van der Waals surface area contributed by atoms with Crippen LogP contribution in [-0.4, -0.2) is 57.2 Å². The Balaban J connectivity index is 1.82. The number of aromatic nitrogens is 2. The highest BCUT2D eigenvalue weighted by Gasteiger charge is 2.57. The van der Waals surface area contributed by atoms with Gasteiger partial charge in [0.25, 0.3) is 0 Å². The molecule has 136 valence electrons. The quantitative estimate of drug-likeness (QED) is 0.872. The monoisotopic (exact) mass is 348 g/mol. The van der Waals surface area contributed by atoms with Crippen molar-refractivity contribution in [3.05, 3.63) is 17.5 Å². The summed E-state index contributed by atoms with van der Waals surface area (Å²) in [6.45, 7) is 5.83. The van der Waals surface area contributed by atoms with Crippen LogP contribution in [-0.2, 0) is 6.54 Å². The number of alkyl halides is 3. The zero-order chi connectivity index (χ0) is 18.1. The van der Waals surface area contributed by atoms with Crippen LogP contribution in [0.3, 0.4) is 0 Å². The number of nitrogens with one attached hydrogen (secondary N) is 1. The Morgan fingerprint density at radius 3 is 2.67 bits per heavy atom. The SMILES string of the molecule is Cc1cc(C)n(C[C@@H](C)CNC(=O)N2CC[C@](O)(C(F)(F)F)C2)n1. The molecule has 1 fully saturated rings. The van der Waals surface area contributed by atoms with Crippen LogP contribution < -0.4 is 5.32 Å². The number of β-amino-alcohol motifs (C(OH)–C–C–N with tert-alkyl or cyclic N) is 1. The van der Waals surface area contributed by atoms with Gasteiger partial charge in [0.2, 0.25) is 0 Å². The number of hydrogen-bond donors (Lipinski definition) is 2. The third kappa shape index (κ3) is 4.00. The molecular formula is C15H23F3N4O2. The van der Waals surface area contributed by atoms with Crippen LogP contribution in [0.2, 0.25) is 0 Å². The Morgan fingerprint density at radius 1 is 1.50 bits per heavy atom. The molecule has 9 heteroatoms. The van der Waals surface area contributed by atoms with Crippen LogP contribution in [0.25, 0.3) is 0 Å². The summed E-state index contributed by atoms with van der Waals surface area (Å²) in [6, 6.07) is 1.36. The van der Waals surface area contributed by atoms with Gasteiger partial charge in [0.05, 0.1) is 12.2 Å². The van der Waals surface area contributed by atoms with Gasteiger partial charge in [0.1, 0.15) is 0 Å². The number of carbonyl (C=O) groups excluding carboxylic acids is 1. The van der Waals surface area contributed by atoms with E-state index < -0.39 is 30.8 Å². The highest BCUT2D eigenvalue weighted by molar-refractivity contribution is 5.74. The maximum atomic E-state index is 12.8. The molecule has 6 nitrogen and oxygen atoms in total. The normalized spacial score (nSPS) is 22.7. The first-order valence-corrected chi connectivity index (χ1v) is 7.85. The van der Waals surface area contributed by atoms with Gasteiger partial charge in [-0.1, -0.05) is 6.92 Å². The van der Waals surface area contributed by atoms with Crippen molar-refractivity contribution in [2.45, 2.75) is 45.5 Å². The molecule has 0 unspecified atom stereocenters. The van der Waals surface area contributed by atoms with Crippen LogP contribution in [0.1, 0.15) is 24.7 Å². The van der Waals surface area contributed by atoms with Crippen molar-refractivity contribution >= 4 is 6.03 Å². The second-order valence-corrected chi connectivity index (χ2v) is 6.60. The number of aliphatic hydroxyl groups is 1. The van der Waals surface area contributed by atoms with Crippen LogP contribution >= 0.6 is 0 Å². The lowest BCUT2D eigenvalue weighted by Crippen LogP contribution is -2.49. The molecule has 1 aliphatic rings. The molecule has 0 aliphatic carbocycles. The van der Waals surface area contributed by atoms with Gasteiger partial charge in [-0.05, 0) is 25.8 Å². The van der Waals surface area contributed by atoms with Crippen molar-refractivity contribution in [1.82, 2.24) is 20.0 Å². The van der Waals surface area contributed by atoms with E-state index in [0.29, 0.717) is 13.1 Å². The third-order valence-electron chi connectivity index (χ3n) is 4.25. The van der Waals surface area contributed by atoms with Gasteiger partial charge in [-0.25, -0.2) is 4.79 Å². The zero-order valence-corrected chi connectivity index (χ0v) is 14.0. The molecule has 24 heavy (non-hydrogen) atoms. The van der Waals surface area contributed by atoms with Gasteiger partial charge >= 0.3 is 12.2 Å². The molecule has 0 spiro atoms. The molecular weight excluding hydrogens is 325 g/mol. The van der Waals surface area contributed by atoms with Crippen molar-refractivity contribution in [3.8, 4) is 0 Å². The van der Waals surface area contributed by atoms with Gasteiger partial charge in [-0.3, -0.25) is 4.68 Å². The lowest BCUT2D eigenvalue weighted by atomic mass is 10.0. The number of aryl methyl sites for hydroxylation is 2. The molecule has 1 saturated heterocycles. The fraction of sp³-hybridized carbons (Fsp3) is 0.733. The summed E-state index contributed by atoms with van der Waals surface area (Å²) in [6.07, 6.45) is -5.23. The maximum Gasteiger partial charge on any atom is 0.419 e. The summed E-state index contributed by atoms with van der Waals surface area (Å²) < 4.78 is 40.1. The summed E-state index contributed by atoms with van der Waals surface area (Å²) in [5.41, 5.74) is -0.882. The fourth-order valence-corrected chi connectivity index (χ4v) is 2.79. The molecule has 2 heterocycles. The maximum absolute atomic E-state index is 12.8. The van der Waals surface area contributed by atoms with Crippen molar-refractivity contribution in [2.24, 2.45) is 5.92 Å². The second kappa shape index (κ2) is 6.62. The topological polar surface area (TPSA) is 70.4 Å². The number of carbonyl (C=O) groups is 1. The Labute approximate surface area is 138 Å². The van der Waals surface area contributed by atoms with Crippen LogP contribution in [0.15, 0.2) is 6.07 Å². The first kappa shape index (κ1) is 18.6. The van der Waals surface area contributed by atoms with Crippen LogP contribution in [0, 0.1) is 19.8 Å². The molecule has 1 aromatic heterocycles. The highest BCUT2D eigenvalue weighted by atomic mass is 19.4. The summed E-state index contributed by atoms with van der Waals surface area (Å²) >= 11 is 0. The van der Waals surface area contributed by atoms with E-state index in [0.717, 1.165) is 16.3 Å². The first-order chi connectivity index (χ1) is 11.0. The number of urea groups is 1. The van der Waals surface area contributed by atoms with Gasteiger partial charge in [-0.2, -0.15) is 18.3 Å². The van der Waals surface area contributed by atoms with E-state index in [1.807, 2.05) is 31.5 Å².